The van der Waals surface area contributed by atoms with Crippen molar-refractivity contribution in [2.75, 3.05) is 88.2 Å². The minimum Gasteiger partial charge on any atom is -0.493 e. The lowest BCUT2D eigenvalue weighted by Gasteiger charge is -2.40. The third-order valence-electron chi connectivity index (χ3n) is 14.2. The molecule has 17 heteroatoms. The number of anilines is 4. The Balaban J connectivity index is 0.804. The largest absolute Gasteiger partial charge is 0.493 e. The fourth-order valence-corrected chi connectivity index (χ4v) is 10.4. The number of hydrogen-bond donors (Lipinski definition) is 3. The number of methoxy groups -OCH3 is 1. The van der Waals surface area contributed by atoms with Crippen molar-refractivity contribution in [1.82, 2.24) is 29.9 Å². The number of benzene rings is 2. The number of likely N-dealkylation sites (tertiary alicyclic amines) is 1. The van der Waals surface area contributed by atoms with Crippen LogP contribution < -0.4 is 30.9 Å². The first kappa shape index (κ1) is 42.1. The van der Waals surface area contributed by atoms with Gasteiger partial charge >= 0.3 is 6.03 Å². The van der Waals surface area contributed by atoms with Crippen molar-refractivity contribution in [3.63, 3.8) is 0 Å². The minimum absolute atomic E-state index is 0.00685. The zero-order valence-electron chi connectivity index (χ0n) is 36.2. The Morgan fingerprint density at radius 1 is 0.889 bits per heavy atom. The molecule has 0 radical (unpaired) electrons. The number of urea groups is 1. The average molecular weight is 861 g/mol. The van der Waals surface area contributed by atoms with Crippen molar-refractivity contribution in [2.45, 2.75) is 69.4 Å². The van der Waals surface area contributed by atoms with Crippen molar-refractivity contribution >= 4 is 58.6 Å². The quantitative estimate of drug-likeness (QED) is 0.238. The van der Waals surface area contributed by atoms with Gasteiger partial charge in [-0.2, -0.15) is 0 Å². The molecule has 1 aromatic heterocycles. The summed E-state index contributed by atoms with van der Waals surface area (Å²) in [5, 5.41) is 5.62. The number of carbonyl (C=O) groups is 6. The SMILES string of the molecule is COc1cc(C(N)=O)c(Nc2ccc(C3(C)CCN(CC4CCN(c5ccc6c(c5)C(=O)N(C5CCC(=O)NC5=O)C6=O)C4)CC3)cc2)nc1N1CCCC(N2CCN(C)C2=O)C1. The van der Waals surface area contributed by atoms with Crippen LogP contribution in [0.25, 0.3) is 0 Å². The lowest BCUT2D eigenvalue weighted by atomic mass is 9.74. The van der Waals surface area contributed by atoms with Gasteiger partial charge in [0.1, 0.15) is 11.9 Å². The van der Waals surface area contributed by atoms with Crippen molar-refractivity contribution in [1.29, 1.82) is 0 Å². The number of aromatic nitrogens is 1. The third kappa shape index (κ3) is 8.02. The van der Waals surface area contributed by atoms with Gasteiger partial charge in [-0.1, -0.05) is 19.1 Å². The van der Waals surface area contributed by atoms with E-state index in [-0.39, 0.29) is 35.9 Å². The molecule has 3 unspecified atom stereocenters. The predicted octanol–water partition coefficient (Wildman–Crippen LogP) is 3.55. The van der Waals surface area contributed by atoms with Gasteiger partial charge in [0, 0.05) is 76.7 Å². The van der Waals surface area contributed by atoms with Crippen LogP contribution in [-0.4, -0.2) is 145 Å². The lowest BCUT2D eigenvalue weighted by molar-refractivity contribution is -0.136. The van der Waals surface area contributed by atoms with Crippen LogP contribution in [0.4, 0.5) is 27.8 Å². The molecule has 6 aliphatic rings. The first-order valence-corrected chi connectivity index (χ1v) is 22.2. The molecule has 63 heavy (non-hydrogen) atoms. The maximum atomic E-state index is 13.4. The molecule has 17 nitrogen and oxygen atoms in total. The van der Waals surface area contributed by atoms with E-state index in [9.17, 15) is 28.8 Å². The highest BCUT2D eigenvalue weighted by Crippen LogP contribution is 2.39. The van der Waals surface area contributed by atoms with Crippen molar-refractivity contribution < 1.29 is 33.5 Å². The summed E-state index contributed by atoms with van der Waals surface area (Å²) < 4.78 is 5.73. The van der Waals surface area contributed by atoms with E-state index in [4.69, 9.17) is 15.5 Å². The summed E-state index contributed by atoms with van der Waals surface area (Å²) in [4.78, 5) is 92.9. The van der Waals surface area contributed by atoms with E-state index in [2.05, 4.69) is 44.4 Å². The minimum atomic E-state index is -0.982. The molecule has 2 aromatic carbocycles. The number of rotatable bonds is 11. The Bertz CT molecular complexity index is 2350. The molecule has 4 N–H and O–H groups in total. The van der Waals surface area contributed by atoms with Gasteiger partial charge in [0.2, 0.25) is 11.8 Å². The second-order valence-electron chi connectivity index (χ2n) is 18.3. The number of nitrogens with two attached hydrogens (primary N) is 1. The van der Waals surface area contributed by atoms with Crippen molar-refractivity contribution in [2.24, 2.45) is 11.7 Å². The number of piperidine rings is 3. The van der Waals surface area contributed by atoms with Crippen LogP contribution in [0.5, 0.6) is 5.75 Å². The third-order valence-corrected chi connectivity index (χ3v) is 14.2. The molecule has 5 fully saturated rings. The lowest BCUT2D eigenvalue weighted by Crippen LogP contribution is -2.54. The number of pyridine rings is 1. The summed E-state index contributed by atoms with van der Waals surface area (Å²) in [6.07, 6.45) is 5.05. The molecule has 0 bridgehead atoms. The van der Waals surface area contributed by atoms with E-state index in [1.54, 1.807) is 30.2 Å². The number of nitrogens with zero attached hydrogens (tertiary/aromatic N) is 7. The molecular formula is C46H56N10O7. The van der Waals surface area contributed by atoms with Gasteiger partial charge in [0.15, 0.2) is 11.6 Å². The first-order valence-electron chi connectivity index (χ1n) is 22.2. The molecule has 0 saturated carbocycles. The zero-order chi connectivity index (χ0) is 44.2. The number of amides is 7. The highest BCUT2D eigenvalue weighted by Gasteiger charge is 2.45. The van der Waals surface area contributed by atoms with Crippen LogP contribution in [0.15, 0.2) is 48.5 Å². The normalized spacial score (nSPS) is 24.0. The maximum absolute atomic E-state index is 13.4. The van der Waals surface area contributed by atoms with E-state index >= 15 is 0 Å². The number of carbonyl (C=O) groups excluding carboxylic acids is 6. The smallest absolute Gasteiger partial charge is 0.320 e. The van der Waals surface area contributed by atoms with Crippen LogP contribution in [0.1, 0.15) is 88.5 Å². The summed E-state index contributed by atoms with van der Waals surface area (Å²) >= 11 is 0. The topological polar surface area (TPSA) is 194 Å². The number of fused-ring (bicyclic) bond motifs is 1. The number of hydrogen-bond acceptors (Lipinski definition) is 12. The zero-order valence-corrected chi connectivity index (χ0v) is 36.2. The number of nitrogens with one attached hydrogen (secondary N) is 2. The molecule has 3 aromatic rings. The standard InChI is InChI=1S/C46H56N10O7/c1-46(15-19-52(20-16-46)25-28-14-18-53(26-28)31-10-11-33-34(23-31)44(61)56(43(33)60)36-12-13-38(57)49-42(36)59)29-6-8-30(9-7-29)48-40-35(39(47)58)24-37(63-3)41(50-40)54-17-4-5-32(27-54)55-22-21-51(2)45(55)62/h6-11,23-24,28,32,36H,4-5,12-22,25-27H2,1-3H3,(H2,47,58)(H,48,50)(H,49,57,59). The molecule has 3 atom stereocenters. The van der Waals surface area contributed by atoms with Gasteiger partial charge in [-0.05, 0) is 98.8 Å². The van der Waals surface area contributed by atoms with Crippen molar-refractivity contribution in [3.05, 3.63) is 70.8 Å². The molecule has 5 saturated heterocycles. The number of likely N-dealkylation sites (N-methyl/N-ethyl adjacent to an activating group) is 1. The molecule has 7 heterocycles. The van der Waals surface area contributed by atoms with E-state index in [0.29, 0.717) is 54.1 Å². The van der Waals surface area contributed by atoms with E-state index in [1.165, 1.54) is 5.56 Å². The molecule has 6 aliphatic heterocycles. The predicted molar refractivity (Wildman–Crippen MR) is 235 cm³/mol. The number of primary amides is 1. The van der Waals surface area contributed by atoms with Gasteiger partial charge in [-0.3, -0.25) is 34.2 Å². The Morgan fingerprint density at radius 2 is 1.65 bits per heavy atom. The highest BCUT2D eigenvalue weighted by molar-refractivity contribution is 6.23. The van der Waals surface area contributed by atoms with Crippen LogP contribution in [0.2, 0.25) is 0 Å². The second-order valence-corrected chi connectivity index (χ2v) is 18.3. The molecule has 0 aliphatic carbocycles. The number of imide groups is 2. The fourth-order valence-electron chi connectivity index (χ4n) is 10.4. The second kappa shape index (κ2) is 16.8. The van der Waals surface area contributed by atoms with Gasteiger partial charge in [-0.25, -0.2) is 9.78 Å². The van der Waals surface area contributed by atoms with Crippen LogP contribution >= 0.6 is 0 Å². The molecule has 332 valence electrons. The average Bonchev–Trinajstić information content (AvgIpc) is 3.96. The van der Waals surface area contributed by atoms with Crippen LogP contribution in [-0.2, 0) is 15.0 Å². The van der Waals surface area contributed by atoms with E-state index in [0.717, 1.165) is 87.6 Å². The molecule has 0 spiro atoms. The van der Waals surface area contributed by atoms with E-state index in [1.807, 2.05) is 30.1 Å². The highest BCUT2D eigenvalue weighted by atomic mass is 16.5. The van der Waals surface area contributed by atoms with Gasteiger partial charge in [0.25, 0.3) is 17.7 Å². The number of ether oxygens (including phenoxy) is 1. The fraction of sp³-hybridized carbons (Fsp3) is 0.500. The molecule has 9 rings (SSSR count). The Hall–Kier alpha value is -6.23. The Labute approximate surface area is 366 Å². The van der Waals surface area contributed by atoms with Crippen LogP contribution in [0, 0.1) is 5.92 Å². The molecule has 7 amide bonds. The Kier molecular flexibility index (Phi) is 11.2. The molecular weight excluding hydrogens is 805 g/mol. The van der Waals surface area contributed by atoms with Gasteiger partial charge in [-0.15, -0.1) is 0 Å². The Morgan fingerprint density at radius 3 is 2.35 bits per heavy atom. The van der Waals surface area contributed by atoms with Gasteiger partial charge in [0.05, 0.1) is 29.8 Å². The van der Waals surface area contributed by atoms with E-state index < -0.39 is 35.6 Å². The van der Waals surface area contributed by atoms with Crippen LogP contribution in [0.3, 0.4) is 0 Å². The summed E-state index contributed by atoms with van der Waals surface area (Å²) in [6.45, 7) is 9.71. The maximum Gasteiger partial charge on any atom is 0.320 e. The summed E-state index contributed by atoms with van der Waals surface area (Å²) in [7, 11) is 3.39. The van der Waals surface area contributed by atoms with Crippen molar-refractivity contribution in [3.8, 4) is 5.75 Å². The van der Waals surface area contributed by atoms with Gasteiger partial charge < -0.3 is 40.3 Å². The summed E-state index contributed by atoms with van der Waals surface area (Å²) in [5.74, 6) is -0.734. The monoisotopic (exact) mass is 860 g/mol. The summed E-state index contributed by atoms with van der Waals surface area (Å²) in [6, 6.07) is 14.5. The summed E-state index contributed by atoms with van der Waals surface area (Å²) in [5.41, 5.74) is 9.60. The first-order chi connectivity index (χ1) is 30.3.